The molecule has 0 bridgehead atoms. The normalized spacial score (nSPS) is 11.8. The average Bonchev–Trinajstić information content (AvgIpc) is 2.12. The Morgan fingerprint density at radius 3 is 2.25 bits per heavy atom. The number of hydrogen-bond donors (Lipinski definition) is 2. The number of rotatable bonds is 4. The van der Waals surface area contributed by atoms with Gasteiger partial charge in [0.15, 0.2) is 0 Å². The van der Waals surface area contributed by atoms with Crippen LogP contribution >= 0.6 is 0 Å². The molecule has 0 amide bonds. The number of hydrogen-bond acceptors (Lipinski definition) is 3. The molecule has 1 aromatic rings. The zero-order chi connectivity index (χ0) is 12.3. The van der Waals surface area contributed by atoms with Crippen molar-refractivity contribution >= 4 is 10.0 Å². The van der Waals surface area contributed by atoms with Gasteiger partial charge in [0.1, 0.15) is 5.82 Å². The number of nitrogens with one attached hydrogen (secondary N) is 1. The topological polar surface area (TPSA) is 72.2 Å². The van der Waals surface area contributed by atoms with E-state index in [1.54, 1.807) is 13.8 Å². The van der Waals surface area contributed by atoms with E-state index in [2.05, 4.69) is 4.72 Å². The van der Waals surface area contributed by atoms with Gasteiger partial charge in [-0.05, 0) is 37.1 Å². The smallest absolute Gasteiger partial charge is 0.241 e. The molecule has 3 N–H and O–H groups in total. The van der Waals surface area contributed by atoms with Crippen molar-refractivity contribution in [2.45, 2.75) is 18.7 Å². The number of benzene rings is 1. The standard InChI is InChI=1S/C10H15FN2O2S/c1-7-5-9(11)6-8(2)10(7)16(14,15)13-4-3-12/h5-6,13H,3-4,12H2,1-2H3. The van der Waals surface area contributed by atoms with Crippen LogP contribution in [0.25, 0.3) is 0 Å². The third-order valence-electron chi connectivity index (χ3n) is 2.13. The third kappa shape index (κ3) is 2.78. The second kappa shape index (κ2) is 4.90. The van der Waals surface area contributed by atoms with Gasteiger partial charge >= 0.3 is 0 Å². The quantitative estimate of drug-likeness (QED) is 0.820. The average molecular weight is 246 g/mol. The lowest BCUT2D eigenvalue weighted by Crippen LogP contribution is -2.30. The Hall–Kier alpha value is -0.980. The molecule has 0 spiro atoms. The summed E-state index contributed by atoms with van der Waals surface area (Å²) < 4.78 is 39.1. The molecule has 4 nitrogen and oxygen atoms in total. The molecule has 6 heteroatoms. The van der Waals surface area contributed by atoms with Crippen molar-refractivity contribution in [3.63, 3.8) is 0 Å². The molecule has 0 aromatic heterocycles. The number of nitrogens with two attached hydrogens (primary N) is 1. The summed E-state index contributed by atoms with van der Waals surface area (Å²) in [6.07, 6.45) is 0. The van der Waals surface area contributed by atoms with E-state index in [4.69, 9.17) is 5.73 Å². The Kier molecular flexibility index (Phi) is 4.01. The highest BCUT2D eigenvalue weighted by atomic mass is 32.2. The summed E-state index contributed by atoms with van der Waals surface area (Å²) in [6.45, 7) is 3.51. The van der Waals surface area contributed by atoms with E-state index in [0.29, 0.717) is 11.1 Å². The van der Waals surface area contributed by atoms with Gasteiger partial charge in [-0.1, -0.05) is 0 Å². The summed E-state index contributed by atoms with van der Waals surface area (Å²) in [4.78, 5) is 0.127. The molecule has 0 saturated heterocycles. The van der Waals surface area contributed by atoms with Crippen LogP contribution in [0.1, 0.15) is 11.1 Å². The van der Waals surface area contributed by atoms with Gasteiger partial charge < -0.3 is 5.73 Å². The minimum Gasteiger partial charge on any atom is -0.329 e. The molecule has 90 valence electrons. The van der Waals surface area contributed by atoms with E-state index >= 15 is 0 Å². The van der Waals surface area contributed by atoms with E-state index in [9.17, 15) is 12.8 Å². The SMILES string of the molecule is Cc1cc(F)cc(C)c1S(=O)(=O)NCCN. The summed E-state index contributed by atoms with van der Waals surface area (Å²) in [7, 11) is -3.60. The first-order valence-electron chi connectivity index (χ1n) is 4.85. The maximum absolute atomic E-state index is 13.0. The number of aryl methyl sites for hydroxylation is 2. The first-order chi connectivity index (χ1) is 7.38. The van der Waals surface area contributed by atoms with Crippen LogP contribution in [0.4, 0.5) is 4.39 Å². The Balaban J connectivity index is 3.23. The highest BCUT2D eigenvalue weighted by molar-refractivity contribution is 7.89. The van der Waals surface area contributed by atoms with Crippen molar-refractivity contribution in [1.82, 2.24) is 4.72 Å². The first kappa shape index (κ1) is 13.1. The third-order valence-corrected chi connectivity index (χ3v) is 3.90. The van der Waals surface area contributed by atoms with Gasteiger partial charge in [-0.3, -0.25) is 0 Å². The molecule has 0 aliphatic carbocycles. The zero-order valence-electron chi connectivity index (χ0n) is 9.25. The van der Waals surface area contributed by atoms with Crippen molar-refractivity contribution in [2.24, 2.45) is 5.73 Å². The molecule has 0 saturated carbocycles. The van der Waals surface area contributed by atoms with E-state index in [1.807, 2.05) is 0 Å². The number of halogens is 1. The fraction of sp³-hybridized carbons (Fsp3) is 0.400. The van der Waals surface area contributed by atoms with Gasteiger partial charge in [0.25, 0.3) is 0 Å². The monoisotopic (exact) mass is 246 g/mol. The lowest BCUT2D eigenvalue weighted by molar-refractivity contribution is 0.579. The van der Waals surface area contributed by atoms with Gasteiger partial charge in [-0.2, -0.15) is 0 Å². The Morgan fingerprint density at radius 1 is 1.31 bits per heavy atom. The van der Waals surface area contributed by atoms with Crippen LogP contribution in [0.15, 0.2) is 17.0 Å². The molecular formula is C10H15FN2O2S. The maximum atomic E-state index is 13.0. The molecule has 0 unspecified atom stereocenters. The highest BCUT2D eigenvalue weighted by Gasteiger charge is 2.19. The molecule has 0 aliphatic rings. The molecule has 1 rings (SSSR count). The molecule has 0 fully saturated rings. The minimum atomic E-state index is -3.60. The van der Waals surface area contributed by atoms with Crippen LogP contribution in [0.2, 0.25) is 0 Å². The lowest BCUT2D eigenvalue weighted by Gasteiger charge is -2.11. The van der Waals surface area contributed by atoms with E-state index in [0.717, 1.165) is 0 Å². The fourth-order valence-electron chi connectivity index (χ4n) is 1.59. The van der Waals surface area contributed by atoms with Crippen LogP contribution < -0.4 is 10.5 Å². The molecule has 0 atom stereocenters. The van der Waals surface area contributed by atoms with Crippen LogP contribution in [-0.2, 0) is 10.0 Å². The minimum absolute atomic E-state index is 0.127. The predicted molar refractivity (Wildman–Crippen MR) is 60.1 cm³/mol. The van der Waals surface area contributed by atoms with Gasteiger partial charge in [0.2, 0.25) is 10.0 Å². The first-order valence-corrected chi connectivity index (χ1v) is 6.33. The molecule has 0 aliphatic heterocycles. The van der Waals surface area contributed by atoms with Gasteiger partial charge in [-0.15, -0.1) is 0 Å². The maximum Gasteiger partial charge on any atom is 0.241 e. The van der Waals surface area contributed by atoms with Crippen molar-refractivity contribution in [2.75, 3.05) is 13.1 Å². The van der Waals surface area contributed by atoms with Crippen LogP contribution in [-0.4, -0.2) is 21.5 Å². The summed E-state index contributed by atoms with van der Waals surface area (Å²) in [6, 6.07) is 2.40. The van der Waals surface area contributed by atoms with Crippen molar-refractivity contribution in [3.8, 4) is 0 Å². The summed E-state index contributed by atoms with van der Waals surface area (Å²) in [5, 5.41) is 0. The van der Waals surface area contributed by atoms with Crippen LogP contribution in [0.5, 0.6) is 0 Å². The summed E-state index contributed by atoms with van der Waals surface area (Å²) >= 11 is 0. The van der Waals surface area contributed by atoms with Gasteiger partial charge in [-0.25, -0.2) is 17.5 Å². The van der Waals surface area contributed by atoms with E-state index < -0.39 is 15.8 Å². The predicted octanol–water partition coefficient (Wildman–Crippen LogP) is 0.680. The molecule has 16 heavy (non-hydrogen) atoms. The van der Waals surface area contributed by atoms with Crippen molar-refractivity contribution < 1.29 is 12.8 Å². The van der Waals surface area contributed by atoms with E-state index in [-0.39, 0.29) is 18.0 Å². The van der Waals surface area contributed by atoms with Gasteiger partial charge in [0, 0.05) is 13.1 Å². The summed E-state index contributed by atoms with van der Waals surface area (Å²) in [5.74, 6) is -0.437. The molecule has 1 aromatic carbocycles. The highest BCUT2D eigenvalue weighted by Crippen LogP contribution is 2.20. The molecular weight excluding hydrogens is 231 g/mol. The fourth-order valence-corrected chi connectivity index (χ4v) is 3.08. The Labute approximate surface area is 94.7 Å². The lowest BCUT2D eigenvalue weighted by atomic mass is 10.1. The van der Waals surface area contributed by atoms with Crippen LogP contribution in [0.3, 0.4) is 0 Å². The second-order valence-corrected chi connectivity index (χ2v) is 5.26. The van der Waals surface area contributed by atoms with E-state index in [1.165, 1.54) is 12.1 Å². The van der Waals surface area contributed by atoms with Gasteiger partial charge in [0.05, 0.1) is 4.90 Å². The van der Waals surface area contributed by atoms with Crippen molar-refractivity contribution in [1.29, 1.82) is 0 Å². The van der Waals surface area contributed by atoms with Crippen molar-refractivity contribution in [3.05, 3.63) is 29.1 Å². The Morgan fingerprint density at radius 2 is 1.81 bits per heavy atom. The largest absolute Gasteiger partial charge is 0.329 e. The second-order valence-electron chi connectivity index (χ2n) is 3.56. The number of sulfonamides is 1. The summed E-state index contributed by atoms with van der Waals surface area (Å²) in [5.41, 5.74) is 6.01. The Bertz CT molecular complexity index is 463. The molecule has 0 radical (unpaired) electrons. The van der Waals surface area contributed by atoms with Crippen LogP contribution in [0, 0.1) is 19.7 Å². The molecule has 0 heterocycles. The zero-order valence-corrected chi connectivity index (χ0v) is 10.1.